The largest absolute Gasteiger partial charge is 0.451 e. The quantitative estimate of drug-likeness (QED) is 0.586. The highest BCUT2D eigenvalue weighted by Gasteiger charge is 2.37. The molecule has 1 amide bonds. The monoisotopic (exact) mass is 422 g/mol. The normalized spacial score (nSPS) is 19.4. The van der Waals surface area contributed by atoms with Crippen molar-refractivity contribution in [1.82, 2.24) is 4.90 Å². The lowest BCUT2D eigenvalue weighted by atomic mass is 9.90. The van der Waals surface area contributed by atoms with Gasteiger partial charge in [-0.1, -0.05) is 31.2 Å². The Labute approximate surface area is 173 Å². The van der Waals surface area contributed by atoms with Crippen LogP contribution in [0.1, 0.15) is 29.5 Å². The van der Waals surface area contributed by atoms with Gasteiger partial charge in [0.15, 0.2) is 5.76 Å². The number of hydrogen-bond acceptors (Lipinski definition) is 5. The molecule has 2 N–H and O–H groups in total. The predicted octanol–water partition coefficient (Wildman–Crippen LogP) is 5.02. The molecule has 3 heterocycles. The van der Waals surface area contributed by atoms with Crippen molar-refractivity contribution in [2.24, 2.45) is 11.1 Å². The maximum atomic E-state index is 13.2. The number of nitrogens with two attached hydrogens (primary N) is 1. The SMILES string of the molecule is CC1(CN)CCN(C(=O)c2oc3ccccc3c2CSc2cccs2)C1.Cl. The van der Waals surface area contributed by atoms with Crippen LogP contribution in [0.2, 0.25) is 0 Å². The average Bonchev–Trinajstić information content (AvgIpc) is 3.38. The van der Waals surface area contributed by atoms with Crippen LogP contribution in [0.3, 0.4) is 0 Å². The Kier molecular flexibility index (Phi) is 6.21. The summed E-state index contributed by atoms with van der Waals surface area (Å²) in [5, 5.41) is 3.10. The number of thioether (sulfide) groups is 1. The van der Waals surface area contributed by atoms with E-state index in [9.17, 15) is 4.79 Å². The number of thiophene rings is 1. The molecule has 1 aromatic carbocycles. The number of likely N-dealkylation sites (tertiary alicyclic amines) is 1. The lowest BCUT2D eigenvalue weighted by molar-refractivity contribution is 0.0746. The van der Waals surface area contributed by atoms with Crippen molar-refractivity contribution < 1.29 is 9.21 Å². The summed E-state index contributed by atoms with van der Waals surface area (Å²) in [6.07, 6.45) is 0.939. The van der Waals surface area contributed by atoms with Gasteiger partial charge in [-0.3, -0.25) is 4.79 Å². The number of benzene rings is 1. The second kappa shape index (κ2) is 8.27. The molecule has 1 aliphatic heterocycles. The van der Waals surface area contributed by atoms with Crippen molar-refractivity contribution in [3.05, 3.63) is 53.1 Å². The fraction of sp³-hybridized carbons (Fsp3) is 0.350. The molecule has 2 aromatic heterocycles. The number of carbonyl (C=O) groups is 1. The average molecular weight is 423 g/mol. The number of amides is 1. The zero-order chi connectivity index (χ0) is 18.1. The van der Waals surface area contributed by atoms with Crippen molar-refractivity contribution in [3.63, 3.8) is 0 Å². The molecule has 1 atom stereocenters. The summed E-state index contributed by atoms with van der Waals surface area (Å²) in [6, 6.07) is 12.0. The first-order valence-electron chi connectivity index (χ1n) is 8.76. The molecule has 0 saturated carbocycles. The zero-order valence-electron chi connectivity index (χ0n) is 15.1. The summed E-state index contributed by atoms with van der Waals surface area (Å²) < 4.78 is 7.25. The second-order valence-electron chi connectivity index (χ2n) is 7.12. The molecule has 1 unspecified atom stereocenters. The molecule has 3 aromatic rings. The molecular formula is C20H23ClN2O2S2. The number of para-hydroxylation sites is 1. The lowest BCUT2D eigenvalue weighted by Gasteiger charge is -2.22. The Morgan fingerprint density at radius 1 is 1.33 bits per heavy atom. The van der Waals surface area contributed by atoms with Crippen molar-refractivity contribution in [3.8, 4) is 0 Å². The van der Waals surface area contributed by atoms with E-state index >= 15 is 0 Å². The van der Waals surface area contributed by atoms with Gasteiger partial charge in [0.2, 0.25) is 0 Å². The number of rotatable bonds is 5. The van der Waals surface area contributed by atoms with E-state index in [2.05, 4.69) is 18.4 Å². The summed E-state index contributed by atoms with van der Waals surface area (Å²) in [6.45, 7) is 4.17. The fourth-order valence-electron chi connectivity index (χ4n) is 3.41. The number of halogens is 1. The van der Waals surface area contributed by atoms with Gasteiger partial charge in [0.25, 0.3) is 5.91 Å². The summed E-state index contributed by atoms with van der Waals surface area (Å²) in [5.74, 6) is 1.19. The van der Waals surface area contributed by atoms with Gasteiger partial charge in [-0.25, -0.2) is 0 Å². The Hall–Kier alpha value is -1.47. The minimum atomic E-state index is -0.0137. The molecular weight excluding hydrogens is 400 g/mol. The Morgan fingerprint density at radius 2 is 2.15 bits per heavy atom. The third-order valence-electron chi connectivity index (χ3n) is 5.08. The van der Waals surface area contributed by atoms with E-state index in [0.29, 0.717) is 18.8 Å². The number of hydrogen-bond donors (Lipinski definition) is 1. The highest BCUT2D eigenvalue weighted by molar-refractivity contribution is 8.00. The zero-order valence-corrected chi connectivity index (χ0v) is 17.6. The molecule has 0 bridgehead atoms. The third-order valence-corrected chi connectivity index (χ3v) is 7.24. The van der Waals surface area contributed by atoms with Crippen LogP contribution >= 0.6 is 35.5 Å². The molecule has 7 heteroatoms. The number of carbonyl (C=O) groups excluding carboxylic acids is 1. The van der Waals surface area contributed by atoms with Gasteiger partial charge in [-0.05, 0) is 35.9 Å². The van der Waals surface area contributed by atoms with Crippen LogP contribution in [0.15, 0.2) is 50.4 Å². The van der Waals surface area contributed by atoms with Gasteiger partial charge >= 0.3 is 0 Å². The van der Waals surface area contributed by atoms with E-state index in [-0.39, 0.29) is 23.7 Å². The Morgan fingerprint density at radius 3 is 2.85 bits per heavy atom. The van der Waals surface area contributed by atoms with Gasteiger partial charge in [0.1, 0.15) is 5.58 Å². The van der Waals surface area contributed by atoms with Crippen LogP contribution in [-0.2, 0) is 5.75 Å². The van der Waals surface area contributed by atoms with Crippen LogP contribution in [0, 0.1) is 5.41 Å². The topological polar surface area (TPSA) is 59.5 Å². The first-order valence-corrected chi connectivity index (χ1v) is 10.6. The second-order valence-corrected chi connectivity index (χ2v) is 9.34. The molecule has 4 nitrogen and oxygen atoms in total. The maximum Gasteiger partial charge on any atom is 0.289 e. The van der Waals surface area contributed by atoms with E-state index in [1.165, 1.54) is 4.21 Å². The number of nitrogens with zero attached hydrogens (tertiary/aromatic N) is 1. The Balaban J connectivity index is 0.00000210. The van der Waals surface area contributed by atoms with Gasteiger partial charge in [-0.2, -0.15) is 0 Å². The van der Waals surface area contributed by atoms with Crippen molar-refractivity contribution >= 4 is 52.4 Å². The maximum absolute atomic E-state index is 13.2. The van der Waals surface area contributed by atoms with Gasteiger partial charge in [-0.15, -0.1) is 35.5 Å². The Bertz CT molecular complexity index is 925. The summed E-state index contributed by atoms with van der Waals surface area (Å²) >= 11 is 3.46. The molecule has 27 heavy (non-hydrogen) atoms. The van der Waals surface area contributed by atoms with Crippen LogP contribution in [0.5, 0.6) is 0 Å². The standard InChI is InChI=1S/C20H22N2O2S2.ClH/c1-20(12-21)8-9-22(13-20)19(23)18-15(11-26-17-7-4-10-25-17)14-5-2-3-6-16(14)24-18;/h2-7,10H,8-9,11-13,21H2,1H3;1H. The first-order chi connectivity index (χ1) is 12.6. The number of furan rings is 1. The van der Waals surface area contributed by atoms with E-state index < -0.39 is 0 Å². The van der Waals surface area contributed by atoms with Gasteiger partial charge in [0.05, 0.1) is 4.21 Å². The molecule has 0 spiro atoms. The van der Waals surface area contributed by atoms with Crippen LogP contribution in [0.25, 0.3) is 11.0 Å². The summed E-state index contributed by atoms with van der Waals surface area (Å²) in [7, 11) is 0. The molecule has 0 radical (unpaired) electrons. The molecule has 1 fully saturated rings. The van der Waals surface area contributed by atoms with E-state index in [0.717, 1.165) is 35.3 Å². The third kappa shape index (κ3) is 4.04. The number of fused-ring (bicyclic) bond motifs is 1. The minimum Gasteiger partial charge on any atom is -0.451 e. The molecule has 1 saturated heterocycles. The van der Waals surface area contributed by atoms with E-state index in [1.807, 2.05) is 35.2 Å². The summed E-state index contributed by atoms with van der Waals surface area (Å²) in [4.78, 5) is 15.1. The molecule has 4 rings (SSSR count). The lowest BCUT2D eigenvalue weighted by Crippen LogP contribution is -2.34. The smallest absolute Gasteiger partial charge is 0.289 e. The van der Waals surface area contributed by atoms with Crippen molar-refractivity contribution in [1.29, 1.82) is 0 Å². The van der Waals surface area contributed by atoms with Crippen molar-refractivity contribution in [2.75, 3.05) is 19.6 Å². The van der Waals surface area contributed by atoms with E-state index in [4.69, 9.17) is 10.2 Å². The fourth-order valence-corrected chi connectivity index (χ4v) is 5.22. The van der Waals surface area contributed by atoms with Crippen LogP contribution in [0.4, 0.5) is 0 Å². The van der Waals surface area contributed by atoms with Crippen molar-refractivity contribution in [2.45, 2.75) is 23.3 Å². The predicted molar refractivity (Wildman–Crippen MR) is 115 cm³/mol. The molecule has 144 valence electrons. The van der Waals surface area contributed by atoms with Crippen LogP contribution in [-0.4, -0.2) is 30.4 Å². The summed E-state index contributed by atoms with van der Waals surface area (Å²) in [5.41, 5.74) is 7.67. The van der Waals surface area contributed by atoms with Crippen LogP contribution < -0.4 is 5.73 Å². The first kappa shape index (κ1) is 20.3. The molecule has 1 aliphatic rings. The van der Waals surface area contributed by atoms with E-state index in [1.54, 1.807) is 23.1 Å². The highest BCUT2D eigenvalue weighted by atomic mass is 35.5. The molecule has 0 aliphatic carbocycles. The minimum absolute atomic E-state index is 0. The highest BCUT2D eigenvalue weighted by Crippen LogP contribution is 2.36. The van der Waals surface area contributed by atoms with Gasteiger partial charge < -0.3 is 15.1 Å². The van der Waals surface area contributed by atoms with Gasteiger partial charge in [0, 0.05) is 29.8 Å².